The number of aliphatic carboxylic acids is 3. The van der Waals surface area contributed by atoms with Crippen LogP contribution in [0.5, 0.6) is 0 Å². The number of urea groups is 1. The maximum atomic E-state index is 12.2. The number of hydrogen-bond donors (Lipinski definition) is 6. The lowest BCUT2D eigenvalue weighted by Crippen LogP contribution is -2.51. The summed E-state index contributed by atoms with van der Waals surface area (Å²) in [5, 5.41) is 42.6. The topological polar surface area (TPSA) is 196 Å². The molecule has 35 heavy (non-hydrogen) atoms. The van der Waals surface area contributed by atoms with Gasteiger partial charge in [-0.2, -0.15) is 0 Å². The number of unbranched alkanes of at least 4 members (excludes halogenated alkanes) is 2. The Bertz CT molecular complexity index is 807. The van der Waals surface area contributed by atoms with Gasteiger partial charge in [0.15, 0.2) is 0 Å². The van der Waals surface area contributed by atoms with Crippen molar-refractivity contribution in [2.75, 3.05) is 19.8 Å². The monoisotopic (exact) mass is 502 g/mol. The first-order valence-electron chi connectivity index (χ1n) is 11.6. The fourth-order valence-corrected chi connectivity index (χ4v) is 3.20. The Morgan fingerprint density at radius 2 is 1.54 bits per heavy atom. The van der Waals surface area contributed by atoms with Crippen LogP contribution in [0.2, 0.25) is 0 Å². The van der Waals surface area contributed by atoms with Crippen LogP contribution in [-0.2, 0) is 27.3 Å². The Kier molecular flexibility index (Phi) is 14.6. The normalized spacial score (nSPS) is 12.6. The third-order valence-electron chi connectivity index (χ3n) is 5.09. The van der Waals surface area contributed by atoms with Gasteiger partial charge in [0.2, 0.25) is 0 Å². The first-order valence-corrected chi connectivity index (χ1v) is 11.6. The minimum absolute atomic E-state index is 0.161. The van der Waals surface area contributed by atoms with Gasteiger partial charge in [-0.05, 0) is 64.5 Å². The molecule has 198 valence electrons. The van der Waals surface area contributed by atoms with E-state index in [4.69, 9.17) is 10.2 Å². The molecule has 0 aliphatic rings. The highest BCUT2D eigenvalue weighted by atomic mass is 19.1. The van der Waals surface area contributed by atoms with E-state index in [1.165, 1.54) is 0 Å². The van der Waals surface area contributed by atoms with Crippen LogP contribution >= 0.6 is 0 Å². The number of alkyl halides is 1. The van der Waals surface area contributed by atoms with Crippen molar-refractivity contribution in [3.63, 3.8) is 0 Å². The fourth-order valence-electron chi connectivity index (χ4n) is 3.20. The quantitative estimate of drug-likeness (QED) is 0.139. The second-order valence-corrected chi connectivity index (χ2v) is 8.05. The number of carboxylic acids is 3. The molecule has 13 nitrogen and oxygen atoms in total. The first kappa shape index (κ1) is 29.7. The number of aryl methyl sites for hydroxylation is 2. The first-order chi connectivity index (χ1) is 16.7. The summed E-state index contributed by atoms with van der Waals surface area (Å²) in [6.45, 7) is 1.80. The zero-order chi connectivity index (χ0) is 26.1. The van der Waals surface area contributed by atoms with E-state index in [2.05, 4.69) is 26.3 Å². The summed E-state index contributed by atoms with van der Waals surface area (Å²) in [5.74, 6) is -3.85. The molecule has 0 fully saturated rings. The molecular weight excluding hydrogens is 467 g/mol. The number of amides is 2. The van der Waals surface area contributed by atoms with E-state index in [-0.39, 0.29) is 19.5 Å². The summed E-state index contributed by atoms with van der Waals surface area (Å²) in [6.07, 6.45) is 5.25. The summed E-state index contributed by atoms with van der Waals surface area (Å²) in [6, 6.07) is -3.60. The van der Waals surface area contributed by atoms with Crippen LogP contribution in [-0.4, -0.2) is 86.1 Å². The standard InChI is InChI=1S/C21H35FN6O7/c22-10-5-6-15-14-28(27-26-15)13-4-3-12-23-11-2-1-7-16(19(31)32)24-21(35)25-17(20(33)34)8-9-18(29)30/h14,16-17,23H,1-13H2,(H,29,30)(H,31,32)(H,33,34)(H2,24,25,35)/t16-,17-/m0/s1. The molecule has 1 rings (SSSR count). The maximum absolute atomic E-state index is 12.2. The zero-order valence-corrected chi connectivity index (χ0v) is 19.6. The van der Waals surface area contributed by atoms with E-state index in [1.807, 2.05) is 6.20 Å². The zero-order valence-electron chi connectivity index (χ0n) is 19.6. The molecule has 0 saturated heterocycles. The Morgan fingerprint density at radius 1 is 0.914 bits per heavy atom. The lowest BCUT2D eigenvalue weighted by Gasteiger charge is -2.18. The van der Waals surface area contributed by atoms with E-state index >= 15 is 0 Å². The van der Waals surface area contributed by atoms with Crippen molar-refractivity contribution in [1.29, 1.82) is 0 Å². The number of rotatable bonds is 20. The number of nitrogens with one attached hydrogen (secondary N) is 3. The van der Waals surface area contributed by atoms with Gasteiger partial charge in [-0.25, -0.2) is 14.4 Å². The van der Waals surface area contributed by atoms with E-state index in [0.29, 0.717) is 32.2 Å². The van der Waals surface area contributed by atoms with Gasteiger partial charge >= 0.3 is 23.9 Å². The molecule has 0 spiro atoms. The maximum Gasteiger partial charge on any atom is 0.326 e. The Morgan fingerprint density at radius 3 is 2.14 bits per heavy atom. The van der Waals surface area contributed by atoms with Gasteiger partial charge in [0, 0.05) is 19.2 Å². The number of carbonyl (C=O) groups excluding carboxylic acids is 1. The number of halogens is 1. The molecule has 0 aromatic carbocycles. The van der Waals surface area contributed by atoms with Crippen LogP contribution in [0.15, 0.2) is 6.20 Å². The van der Waals surface area contributed by atoms with Crippen molar-refractivity contribution in [2.24, 2.45) is 0 Å². The predicted octanol–water partition coefficient (Wildman–Crippen LogP) is 0.791. The Hall–Kier alpha value is -3.29. The third-order valence-corrected chi connectivity index (χ3v) is 5.09. The van der Waals surface area contributed by atoms with Gasteiger partial charge in [-0.3, -0.25) is 13.9 Å². The van der Waals surface area contributed by atoms with Gasteiger partial charge in [-0.15, -0.1) is 5.10 Å². The molecule has 1 aromatic rings. The summed E-state index contributed by atoms with van der Waals surface area (Å²) in [4.78, 5) is 45.1. The number of aromatic nitrogens is 3. The van der Waals surface area contributed by atoms with Crippen LogP contribution < -0.4 is 16.0 Å². The van der Waals surface area contributed by atoms with Crippen molar-refractivity contribution in [3.05, 3.63) is 11.9 Å². The van der Waals surface area contributed by atoms with Gasteiger partial charge < -0.3 is 31.3 Å². The number of hydrogen-bond acceptors (Lipinski definition) is 7. The average Bonchev–Trinajstić information content (AvgIpc) is 3.25. The summed E-state index contributed by atoms with van der Waals surface area (Å²) in [5.41, 5.74) is 0.785. The Labute approximate surface area is 202 Å². The minimum Gasteiger partial charge on any atom is -0.481 e. The van der Waals surface area contributed by atoms with E-state index in [0.717, 1.165) is 31.6 Å². The Balaban J connectivity index is 2.18. The van der Waals surface area contributed by atoms with Crippen LogP contribution in [0.3, 0.4) is 0 Å². The van der Waals surface area contributed by atoms with Gasteiger partial charge in [-0.1, -0.05) is 5.21 Å². The molecule has 6 N–H and O–H groups in total. The second-order valence-electron chi connectivity index (χ2n) is 8.05. The molecule has 0 radical (unpaired) electrons. The molecule has 0 aliphatic heterocycles. The SMILES string of the molecule is O=C(O)CC[C@H](NC(=O)N[C@@H](CCCCNCCCCn1cc(CCCF)nn1)C(=O)O)C(=O)O. The van der Waals surface area contributed by atoms with Crippen molar-refractivity contribution in [3.8, 4) is 0 Å². The number of carbonyl (C=O) groups is 4. The third kappa shape index (κ3) is 13.9. The van der Waals surface area contributed by atoms with E-state index in [1.54, 1.807) is 4.68 Å². The van der Waals surface area contributed by atoms with Crippen LogP contribution in [0.4, 0.5) is 9.18 Å². The largest absolute Gasteiger partial charge is 0.481 e. The van der Waals surface area contributed by atoms with Crippen molar-refractivity contribution >= 4 is 23.9 Å². The van der Waals surface area contributed by atoms with Crippen LogP contribution in [0.1, 0.15) is 57.1 Å². The van der Waals surface area contributed by atoms with Crippen LogP contribution in [0.25, 0.3) is 0 Å². The summed E-state index contributed by atoms with van der Waals surface area (Å²) < 4.78 is 13.9. The lowest BCUT2D eigenvalue weighted by atomic mass is 10.1. The number of carboxylic acid groups (broad SMARTS) is 3. The molecule has 0 bridgehead atoms. The van der Waals surface area contributed by atoms with E-state index in [9.17, 15) is 28.7 Å². The summed E-state index contributed by atoms with van der Waals surface area (Å²) >= 11 is 0. The molecule has 0 saturated carbocycles. The average molecular weight is 503 g/mol. The van der Waals surface area contributed by atoms with Gasteiger partial charge in [0.25, 0.3) is 0 Å². The number of nitrogens with zero attached hydrogens (tertiary/aromatic N) is 3. The van der Waals surface area contributed by atoms with E-state index < -0.39 is 42.4 Å². The highest BCUT2D eigenvalue weighted by molar-refractivity contribution is 5.86. The second kappa shape index (κ2) is 17.2. The van der Waals surface area contributed by atoms with Crippen molar-refractivity contribution in [2.45, 2.75) is 76.4 Å². The summed E-state index contributed by atoms with van der Waals surface area (Å²) in [7, 11) is 0. The minimum atomic E-state index is -1.43. The smallest absolute Gasteiger partial charge is 0.326 e. The molecular formula is C21H35FN6O7. The molecule has 2 amide bonds. The predicted molar refractivity (Wildman–Crippen MR) is 122 cm³/mol. The van der Waals surface area contributed by atoms with Crippen molar-refractivity contribution in [1.82, 2.24) is 30.9 Å². The van der Waals surface area contributed by atoms with Crippen molar-refractivity contribution < 1.29 is 38.9 Å². The lowest BCUT2D eigenvalue weighted by molar-refractivity contribution is -0.140. The molecule has 2 atom stereocenters. The highest BCUT2D eigenvalue weighted by Gasteiger charge is 2.24. The fraction of sp³-hybridized carbons (Fsp3) is 0.714. The molecule has 0 unspecified atom stereocenters. The van der Waals surface area contributed by atoms with Crippen LogP contribution in [0, 0.1) is 0 Å². The molecule has 14 heteroatoms. The molecule has 0 aliphatic carbocycles. The van der Waals surface area contributed by atoms with Gasteiger partial charge in [0.1, 0.15) is 12.1 Å². The molecule has 1 heterocycles. The van der Waals surface area contributed by atoms with Gasteiger partial charge in [0.05, 0.1) is 12.4 Å². The molecule has 1 aromatic heterocycles. The highest BCUT2D eigenvalue weighted by Crippen LogP contribution is 2.04.